The molecular weight excluding hydrogens is 170 g/mol. The van der Waals surface area contributed by atoms with Gasteiger partial charge < -0.3 is 15.2 Å². The number of aliphatic hydroxyl groups is 1. The topological polar surface area (TPSA) is 58.6 Å². The van der Waals surface area contributed by atoms with E-state index in [9.17, 15) is 4.79 Å². The Labute approximate surface area is 78.3 Å². The van der Waals surface area contributed by atoms with Gasteiger partial charge in [0.05, 0.1) is 6.61 Å². The summed E-state index contributed by atoms with van der Waals surface area (Å²) >= 11 is 0. The molecule has 13 heavy (non-hydrogen) atoms. The number of carbonyl (C=O) groups is 1. The van der Waals surface area contributed by atoms with Crippen LogP contribution in [0.25, 0.3) is 0 Å². The van der Waals surface area contributed by atoms with E-state index >= 15 is 0 Å². The highest BCUT2D eigenvalue weighted by atomic mass is 16.5. The van der Waals surface area contributed by atoms with Crippen LogP contribution in [0.15, 0.2) is 0 Å². The van der Waals surface area contributed by atoms with E-state index in [1.54, 1.807) is 0 Å². The Morgan fingerprint density at radius 3 is 2.92 bits per heavy atom. The minimum absolute atomic E-state index is 0.00107. The standard InChI is InChI=1S/C9H15NO3/c1-3-7-13-9(12)8(4-2)10-5-6-11/h1,8,10-11H,4-7H2,2H3. The molecule has 74 valence electrons. The van der Waals surface area contributed by atoms with Crippen molar-refractivity contribution in [2.24, 2.45) is 0 Å². The molecule has 0 spiro atoms. The molecule has 0 radical (unpaired) electrons. The van der Waals surface area contributed by atoms with Gasteiger partial charge in [0, 0.05) is 6.54 Å². The Bertz CT molecular complexity index is 186. The normalized spacial score (nSPS) is 11.8. The van der Waals surface area contributed by atoms with E-state index in [0.717, 1.165) is 0 Å². The number of aliphatic hydroxyl groups excluding tert-OH is 1. The zero-order valence-corrected chi connectivity index (χ0v) is 7.75. The molecule has 0 aromatic heterocycles. The van der Waals surface area contributed by atoms with Gasteiger partial charge in [-0.1, -0.05) is 12.8 Å². The molecule has 2 N–H and O–H groups in total. The molecule has 0 rings (SSSR count). The van der Waals surface area contributed by atoms with E-state index in [4.69, 9.17) is 16.3 Å². The lowest BCUT2D eigenvalue weighted by Gasteiger charge is -2.13. The zero-order chi connectivity index (χ0) is 10.1. The Hall–Kier alpha value is -1.05. The van der Waals surface area contributed by atoms with Gasteiger partial charge in [-0.25, -0.2) is 0 Å². The molecule has 0 aliphatic rings. The van der Waals surface area contributed by atoms with Crippen molar-refractivity contribution in [3.8, 4) is 12.3 Å². The summed E-state index contributed by atoms with van der Waals surface area (Å²) < 4.78 is 4.72. The summed E-state index contributed by atoms with van der Waals surface area (Å²) in [6.07, 6.45) is 5.55. The average Bonchev–Trinajstić information content (AvgIpc) is 2.16. The molecule has 0 aliphatic carbocycles. The first-order valence-corrected chi connectivity index (χ1v) is 4.20. The fourth-order valence-electron chi connectivity index (χ4n) is 0.847. The molecule has 0 heterocycles. The smallest absolute Gasteiger partial charge is 0.324 e. The van der Waals surface area contributed by atoms with Crippen molar-refractivity contribution >= 4 is 5.97 Å². The van der Waals surface area contributed by atoms with Gasteiger partial charge in [-0.15, -0.1) is 6.42 Å². The largest absolute Gasteiger partial charge is 0.451 e. The van der Waals surface area contributed by atoms with E-state index in [1.807, 2.05) is 6.92 Å². The van der Waals surface area contributed by atoms with Crippen molar-refractivity contribution in [2.75, 3.05) is 19.8 Å². The lowest BCUT2D eigenvalue weighted by Crippen LogP contribution is -2.39. The van der Waals surface area contributed by atoms with E-state index < -0.39 is 0 Å². The predicted molar refractivity (Wildman–Crippen MR) is 49.0 cm³/mol. The summed E-state index contributed by atoms with van der Waals surface area (Å²) in [5.74, 6) is 1.85. The Morgan fingerprint density at radius 2 is 2.46 bits per heavy atom. The third-order valence-electron chi connectivity index (χ3n) is 1.49. The van der Waals surface area contributed by atoms with E-state index in [0.29, 0.717) is 13.0 Å². The molecule has 0 aromatic rings. The summed E-state index contributed by atoms with van der Waals surface area (Å²) in [6, 6.07) is -0.375. The molecular formula is C9H15NO3. The van der Waals surface area contributed by atoms with Crippen molar-refractivity contribution in [2.45, 2.75) is 19.4 Å². The Balaban J connectivity index is 3.79. The van der Waals surface area contributed by atoms with Crippen LogP contribution in [0.2, 0.25) is 0 Å². The second-order valence-corrected chi connectivity index (χ2v) is 2.45. The van der Waals surface area contributed by atoms with Crippen LogP contribution in [0, 0.1) is 12.3 Å². The van der Waals surface area contributed by atoms with Crippen LogP contribution in [-0.2, 0) is 9.53 Å². The Morgan fingerprint density at radius 1 is 1.77 bits per heavy atom. The molecule has 1 atom stereocenters. The van der Waals surface area contributed by atoms with Crippen molar-refractivity contribution in [1.29, 1.82) is 0 Å². The minimum Gasteiger partial charge on any atom is -0.451 e. The first kappa shape index (κ1) is 11.9. The van der Waals surface area contributed by atoms with Gasteiger partial charge in [0.15, 0.2) is 6.61 Å². The summed E-state index contributed by atoms with van der Waals surface area (Å²) in [5, 5.41) is 11.4. The lowest BCUT2D eigenvalue weighted by molar-refractivity contribution is -0.144. The van der Waals surface area contributed by atoms with Crippen LogP contribution in [0.1, 0.15) is 13.3 Å². The van der Waals surface area contributed by atoms with Gasteiger partial charge in [0.25, 0.3) is 0 Å². The van der Waals surface area contributed by atoms with Gasteiger partial charge in [-0.3, -0.25) is 4.79 Å². The van der Waals surface area contributed by atoms with Crippen molar-refractivity contribution in [3.05, 3.63) is 0 Å². The number of esters is 1. The monoisotopic (exact) mass is 185 g/mol. The highest BCUT2D eigenvalue weighted by molar-refractivity contribution is 5.75. The van der Waals surface area contributed by atoms with Crippen LogP contribution in [0.4, 0.5) is 0 Å². The van der Waals surface area contributed by atoms with Crippen LogP contribution in [0.3, 0.4) is 0 Å². The quantitative estimate of drug-likeness (QED) is 0.433. The highest BCUT2D eigenvalue weighted by Crippen LogP contribution is 1.93. The second kappa shape index (κ2) is 7.59. The maximum Gasteiger partial charge on any atom is 0.324 e. The van der Waals surface area contributed by atoms with Gasteiger partial charge in [0.1, 0.15) is 6.04 Å². The molecule has 1 unspecified atom stereocenters. The average molecular weight is 185 g/mol. The molecule has 4 nitrogen and oxygen atoms in total. The molecule has 4 heteroatoms. The molecule has 0 amide bonds. The summed E-state index contributed by atoms with van der Waals surface area (Å²) in [7, 11) is 0. The lowest BCUT2D eigenvalue weighted by atomic mass is 10.2. The maximum absolute atomic E-state index is 11.2. The van der Waals surface area contributed by atoms with Crippen molar-refractivity contribution in [3.63, 3.8) is 0 Å². The van der Waals surface area contributed by atoms with Gasteiger partial charge >= 0.3 is 5.97 Å². The summed E-state index contributed by atoms with van der Waals surface area (Å²) in [5.41, 5.74) is 0. The summed E-state index contributed by atoms with van der Waals surface area (Å²) in [4.78, 5) is 11.2. The first-order chi connectivity index (χ1) is 6.26. The van der Waals surface area contributed by atoms with Gasteiger partial charge in [0.2, 0.25) is 0 Å². The number of nitrogens with one attached hydrogen (secondary N) is 1. The number of carbonyl (C=O) groups excluding carboxylic acids is 1. The predicted octanol–water partition coefficient (Wildman–Crippen LogP) is -0.477. The van der Waals surface area contributed by atoms with Crippen LogP contribution < -0.4 is 5.32 Å². The third-order valence-corrected chi connectivity index (χ3v) is 1.49. The molecule has 0 fully saturated rings. The molecule has 0 aliphatic heterocycles. The van der Waals surface area contributed by atoms with Crippen molar-refractivity contribution in [1.82, 2.24) is 5.32 Å². The zero-order valence-electron chi connectivity index (χ0n) is 7.75. The van der Waals surface area contributed by atoms with Crippen LogP contribution in [-0.4, -0.2) is 36.9 Å². The van der Waals surface area contributed by atoms with E-state index in [2.05, 4.69) is 11.2 Å². The number of terminal acetylenes is 1. The maximum atomic E-state index is 11.2. The van der Waals surface area contributed by atoms with Crippen LogP contribution >= 0.6 is 0 Å². The van der Waals surface area contributed by atoms with Crippen LogP contribution in [0.5, 0.6) is 0 Å². The number of rotatable bonds is 6. The van der Waals surface area contributed by atoms with Gasteiger partial charge in [-0.2, -0.15) is 0 Å². The number of ether oxygens (including phenoxy) is 1. The first-order valence-electron chi connectivity index (χ1n) is 4.20. The second-order valence-electron chi connectivity index (χ2n) is 2.45. The highest BCUT2D eigenvalue weighted by Gasteiger charge is 2.15. The number of hydrogen-bond donors (Lipinski definition) is 2. The number of hydrogen-bond acceptors (Lipinski definition) is 4. The Kier molecular flexibility index (Phi) is 6.98. The SMILES string of the molecule is C#CCOC(=O)C(CC)NCCO. The molecule has 0 saturated carbocycles. The van der Waals surface area contributed by atoms with E-state index in [1.165, 1.54) is 0 Å². The molecule has 0 aromatic carbocycles. The fraction of sp³-hybridized carbons (Fsp3) is 0.667. The summed E-state index contributed by atoms with van der Waals surface area (Å²) in [6.45, 7) is 2.23. The third kappa shape index (κ3) is 5.23. The molecule has 0 bridgehead atoms. The van der Waals surface area contributed by atoms with E-state index in [-0.39, 0.29) is 25.2 Å². The fourth-order valence-corrected chi connectivity index (χ4v) is 0.847. The van der Waals surface area contributed by atoms with Crippen molar-refractivity contribution < 1.29 is 14.6 Å². The van der Waals surface area contributed by atoms with Gasteiger partial charge in [-0.05, 0) is 6.42 Å². The minimum atomic E-state index is -0.375. The molecule has 0 saturated heterocycles.